The lowest BCUT2D eigenvalue weighted by atomic mass is 10.2. The summed E-state index contributed by atoms with van der Waals surface area (Å²) in [7, 11) is -3.44. The summed E-state index contributed by atoms with van der Waals surface area (Å²) in [6.45, 7) is 3.98. The van der Waals surface area contributed by atoms with Gasteiger partial charge < -0.3 is 5.32 Å². The van der Waals surface area contributed by atoms with Crippen molar-refractivity contribution in [3.05, 3.63) is 89.5 Å². The molecule has 0 fully saturated rings. The predicted octanol–water partition coefficient (Wildman–Crippen LogP) is 5.40. The van der Waals surface area contributed by atoms with E-state index in [0.29, 0.717) is 17.9 Å². The van der Waals surface area contributed by atoms with Crippen molar-refractivity contribution in [1.29, 1.82) is 0 Å². The van der Waals surface area contributed by atoms with Gasteiger partial charge in [0.2, 0.25) is 5.91 Å². The number of hydrogen-bond acceptors (Lipinski definition) is 4. The molecule has 1 N–H and O–H groups in total. The molecule has 3 aromatic rings. The first-order chi connectivity index (χ1) is 14.3. The number of sulfone groups is 1. The van der Waals surface area contributed by atoms with Crippen molar-refractivity contribution in [2.75, 3.05) is 11.1 Å². The van der Waals surface area contributed by atoms with Crippen LogP contribution in [-0.4, -0.2) is 20.1 Å². The number of anilines is 1. The molecule has 0 atom stereocenters. The van der Waals surface area contributed by atoms with E-state index in [2.05, 4.69) is 17.4 Å². The average Bonchev–Trinajstić information content (AvgIpc) is 2.69. The number of carbonyl (C=O) groups is 1. The van der Waals surface area contributed by atoms with Crippen LogP contribution in [0.3, 0.4) is 0 Å². The lowest BCUT2D eigenvalue weighted by Crippen LogP contribution is -2.12. The SMILES string of the molecule is Cc1ccc(SCCC(=O)Nc2ccc(S(=O)(=O)Cc3cccc(C)c3)cc2)cc1. The zero-order valence-electron chi connectivity index (χ0n) is 17.1. The largest absolute Gasteiger partial charge is 0.326 e. The van der Waals surface area contributed by atoms with Gasteiger partial charge in [0, 0.05) is 22.8 Å². The van der Waals surface area contributed by atoms with Gasteiger partial charge in [0.25, 0.3) is 0 Å². The Morgan fingerprint density at radius 1 is 0.900 bits per heavy atom. The number of amides is 1. The highest BCUT2D eigenvalue weighted by molar-refractivity contribution is 7.99. The summed E-state index contributed by atoms with van der Waals surface area (Å²) in [6, 6.07) is 22.0. The second-order valence-electron chi connectivity index (χ2n) is 7.23. The topological polar surface area (TPSA) is 63.2 Å². The minimum Gasteiger partial charge on any atom is -0.326 e. The van der Waals surface area contributed by atoms with Crippen LogP contribution in [0.4, 0.5) is 5.69 Å². The minimum absolute atomic E-state index is 0.0450. The third kappa shape index (κ3) is 6.47. The van der Waals surface area contributed by atoms with Crippen LogP contribution < -0.4 is 5.32 Å². The molecule has 0 aliphatic carbocycles. The molecule has 0 radical (unpaired) electrons. The van der Waals surface area contributed by atoms with Crippen molar-refractivity contribution in [3.63, 3.8) is 0 Å². The third-order valence-corrected chi connectivity index (χ3v) is 7.27. The molecular formula is C24H25NO3S2. The Balaban J connectivity index is 1.53. The van der Waals surface area contributed by atoms with Crippen molar-refractivity contribution in [1.82, 2.24) is 0 Å². The first-order valence-corrected chi connectivity index (χ1v) is 12.3. The van der Waals surface area contributed by atoms with Gasteiger partial charge in [-0.15, -0.1) is 11.8 Å². The summed E-state index contributed by atoms with van der Waals surface area (Å²) in [5.74, 6) is 0.541. The molecular weight excluding hydrogens is 414 g/mol. The molecule has 30 heavy (non-hydrogen) atoms. The van der Waals surface area contributed by atoms with E-state index in [4.69, 9.17) is 0 Å². The van der Waals surface area contributed by atoms with Crippen molar-refractivity contribution in [3.8, 4) is 0 Å². The molecule has 0 saturated heterocycles. The van der Waals surface area contributed by atoms with Crippen LogP contribution in [0.1, 0.15) is 23.1 Å². The average molecular weight is 440 g/mol. The zero-order valence-corrected chi connectivity index (χ0v) is 18.7. The Morgan fingerprint density at radius 3 is 2.27 bits per heavy atom. The maximum absolute atomic E-state index is 12.7. The first kappa shape index (κ1) is 22.1. The van der Waals surface area contributed by atoms with Crippen LogP contribution in [0.25, 0.3) is 0 Å². The van der Waals surface area contributed by atoms with Crippen molar-refractivity contribution < 1.29 is 13.2 Å². The molecule has 1 amide bonds. The van der Waals surface area contributed by atoms with Gasteiger partial charge in [-0.2, -0.15) is 0 Å². The normalized spacial score (nSPS) is 11.3. The Bertz CT molecular complexity index is 1110. The maximum Gasteiger partial charge on any atom is 0.225 e. The molecule has 6 heteroatoms. The Hall–Kier alpha value is -2.57. The molecule has 0 unspecified atom stereocenters. The van der Waals surface area contributed by atoms with Gasteiger partial charge >= 0.3 is 0 Å². The lowest BCUT2D eigenvalue weighted by molar-refractivity contribution is -0.115. The van der Waals surface area contributed by atoms with E-state index < -0.39 is 9.84 Å². The highest BCUT2D eigenvalue weighted by Crippen LogP contribution is 2.21. The summed E-state index contributed by atoms with van der Waals surface area (Å²) in [4.78, 5) is 13.6. The van der Waals surface area contributed by atoms with Crippen LogP contribution in [0, 0.1) is 13.8 Å². The van der Waals surface area contributed by atoms with Crippen LogP contribution in [0.15, 0.2) is 82.6 Å². The van der Waals surface area contributed by atoms with Gasteiger partial charge in [-0.25, -0.2) is 8.42 Å². The zero-order chi connectivity index (χ0) is 21.6. The molecule has 0 bridgehead atoms. The fourth-order valence-electron chi connectivity index (χ4n) is 2.97. The fraction of sp³-hybridized carbons (Fsp3) is 0.208. The number of aryl methyl sites for hydroxylation is 2. The van der Waals surface area contributed by atoms with E-state index in [-0.39, 0.29) is 16.6 Å². The number of rotatable bonds is 8. The second-order valence-corrected chi connectivity index (χ2v) is 10.4. The van der Waals surface area contributed by atoms with Crippen molar-refractivity contribution in [2.45, 2.75) is 35.8 Å². The molecule has 0 aliphatic heterocycles. The van der Waals surface area contributed by atoms with Gasteiger partial charge in [0.15, 0.2) is 9.84 Å². The van der Waals surface area contributed by atoms with Crippen LogP contribution >= 0.6 is 11.8 Å². The van der Waals surface area contributed by atoms with Crippen LogP contribution in [-0.2, 0) is 20.4 Å². The van der Waals surface area contributed by atoms with Gasteiger partial charge in [-0.05, 0) is 55.8 Å². The molecule has 3 aromatic carbocycles. The predicted molar refractivity (Wildman–Crippen MR) is 124 cm³/mol. The first-order valence-electron chi connectivity index (χ1n) is 9.69. The summed E-state index contributed by atoms with van der Waals surface area (Å²) >= 11 is 1.64. The monoisotopic (exact) mass is 439 g/mol. The smallest absolute Gasteiger partial charge is 0.225 e. The molecule has 156 valence electrons. The Kier molecular flexibility index (Phi) is 7.34. The summed E-state index contributed by atoms with van der Waals surface area (Å²) in [5.41, 5.74) is 3.59. The van der Waals surface area contributed by atoms with Crippen molar-refractivity contribution in [2.24, 2.45) is 0 Å². The summed E-state index contributed by atoms with van der Waals surface area (Å²) < 4.78 is 25.3. The fourth-order valence-corrected chi connectivity index (χ4v) is 5.16. The maximum atomic E-state index is 12.7. The van der Waals surface area contributed by atoms with Gasteiger partial charge in [-0.1, -0.05) is 47.5 Å². The Morgan fingerprint density at radius 2 is 1.60 bits per heavy atom. The van der Waals surface area contributed by atoms with E-state index in [0.717, 1.165) is 16.0 Å². The van der Waals surface area contributed by atoms with Crippen LogP contribution in [0.2, 0.25) is 0 Å². The number of carbonyl (C=O) groups excluding carboxylic acids is 1. The quantitative estimate of drug-likeness (QED) is 0.478. The van der Waals surface area contributed by atoms with E-state index in [1.165, 1.54) is 5.56 Å². The second kappa shape index (κ2) is 9.96. The van der Waals surface area contributed by atoms with Gasteiger partial charge in [0.1, 0.15) is 0 Å². The molecule has 3 rings (SSSR count). The summed E-state index contributed by atoms with van der Waals surface area (Å²) in [6.07, 6.45) is 0.381. The number of hydrogen-bond donors (Lipinski definition) is 1. The van der Waals surface area contributed by atoms with Gasteiger partial charge in [-0.3, -0.25) is 4.79 Å². The van der Waals surface area contributed by atoms with E-state index in [1.54, 1.807) is 36.0 Å². The standard InChI is InChI=1S/C24H25NO3S2/c1-18-6-10-22(11-7-18)29-15-14-24(26)25-21-8-12-23(13-9-21)30(27,28)17-20-5-3-4-19(2)16-20/h3-13,16H,14-15,17H2,1-2H3,(H,25,26). The Labute approximate surface area is 182 Å². The number of benzene rings is 3. The van der Waals surface area contributed by atoms with E-state index in [9.17, 15) is 13.2 Å². The van der Waals surface area contributed by atoms with Crippen molar-refractivity contribution >= 4 is 33.2 Å². The third-order valence-electron chi connectivity index (χ3n) is 4.56. The highest BCUT2D eigenvalue weighted by atomic mass is 32.2. The highest BCUT2D eigenvalue weighted by Gasteiger charge is 2.15. The molecule has 0 heterocycles. The molecule has 0 saturated carbocycles. The van der Waals surface area contributed by atoms with Gasteiger partial charge in [0.05, 0.1) is 10.6 Å². The summed E-state index contributed by atoms with van der Waals surface area (Å²) in [5, 5.41) is 2.83. The van der Waals surface area contributed by atoms with E-state index >= 15 is 0 Å². The molecule has 4 nitrogen and oxygen atoms in total. The lowest BCUT2D eigenvalue weighted by Gasteiger charge is -2.08. The minimum atomic E-state index is -3.44. The molecule has 0 aliphatic rings. The molecule has 0 spiro atoms. The number of nitrogens with one attached hydrogen (secondary N) is 1. The molecule has 0 aromatic heterocycles. The number of thioether (sulfide) groups is 1. The van der Waals surface area contributed by atoms with Crippen LogP contribution in [0.5, 0.6) is 0 Å². The van der Waals surface area contributed by atoms with E-state index in [1.807, 2.05) is 50.2 Å².